The van der Waals surface area contributed by atoms with Crippen LogP contribution in [-0.4, -0.2) is 18.4 Å². The molecule has 0 amide bonds. The molecule has 2 N–H and O–H groups in total. The third-order valence-electron chi connectivity index (χ3n) is 15.0. The number of carbonyl (C=O) groups is 2. The second-order valence-corrected chi connectivity index (χ2v) is 18.2. The van der Waals surface area contributed by atoms with Crippen LogP contribution in [0.4, 0.5) is 5.69 Å². The number of esters is 1. The number of nitrogens with two attached hydrogens (primary N) is 1. The second-order valence-electron chi connectivity index (χ2n) is 18.2. The zero-order valence-electron chi connectivity index (χ0n) is 29.9. The molecule has 8 atom stereocenters. The fraction of sp³-hybridized carbons (Fsp3) is 0.732. The van der Waals surface area contributed by atoms with Crippen molar-refractivity contribution in [2.75, 3.05) is 12.3 Å². The molecule has 4 fully saturated rings. The zero-order valence-corrected chi connectivity index (χ0v) is 29.9. The normalized spacial score (nSPS) is 40.9. The number of unbranched alkanes of at least 4 members (excludes halogenated alkanes) is 1. The number of rotatable bonds is 5. The summed E-state index contributed by atoms with van der Waals surface area (Å²) in [5.74, 6) is 0.225. The molecule has 0 aliphatic heterocycles. The van der Waals surface area contributed by atoms with Crippen LogP contribution in [0, 0.1) is 67.5 Å². The van der Waals surface area contributed by atoms with Gasteiger partial charge in [-0.2, -0.15) is 5.26 Å². The van der Waals surface area contributed by atoms with Crippen LogP contribution in [0.5, 0.6) is 0 Å². The van der Waals surface area contributed by atoms with E-state index < -0.39 is 16.7 Å². The molecule has 5 heteroatoms. The van der Waals surface area contributed by atoms with Gasteiger partial charge in [-0.15, -0.1) is 0 Å². The molecule has 0 spiro atoms. The first kappa shape index (κ1) is 33.3. The van der Waals surface area contributed by atoms with E-state index in [0.29, 0.717) is 18.9 Å². The number of ketones is 1. The SMILES string of the molecule is CCCCOC(=O)[C@]12CCC(C)(C)C[C@H]1C1=C(c3cccc(N)c3)CC3[C@@]4(C)CC(C#N)C(=O)C(C)(C)[C@@H]4CC[C@@]3(C)[C@]1(C)CC2. The monoisotopic (exact) mass is 626 g/mol. The summed E-state index contributed by atoms with van der Waals surface area (Å²) in [6, 6.07) is 10.8. The average Bonchev–Trinajstić information content (AvgIpc) is 2.99. The van der Waals surface area contributed by atoms with E-state index >= 15 is 0 Å². The Kier molecular flexibility index (Phi) is 7.94. The summed E-state index contributed by atoms with van der Waals surface area (Å²) in [6.07, 6.45) is 10.2. The summed E-state index contributed by atoms with van der Waals surface area (Å²) in [4.78, 5) is 28.0. The van der Waals surface area contributed by atoms with Crippen molar-refractivity contribution in [1.29, 1.82) is 5.26 Å². The fourth-order valence-corrected chi connectivity index (χ4v) is 12.3. The van der Waals surface area contributed by atoms with Crippen molar-refractivity contribution in [3.63, 3.8) is 0 Å². The number of Topliss-reactive ketones (excluding diaryl/α,β-unsaturated/α-hetero) is 1. The Hall–Kier alpha value is -2.61. The largest absolute Gasteiger partial charge is 0.465 e. The molecule has 2 unspecified atom stereocenters. The van der Waals surface area contributed by atoms with E-state index in [2.05, 4.69) is 79.7 Å². The van der Waals surface area contributed by atoms with Gasteiger partial charge in [-0.25, -0.2) is 0 Å². The highest BCUT2D eigenvalue weighted by atomic mass is 16.5. The number of nitrogen functional groups attached to an aromatic ring is 1. The van der Waals surface area contributed by atoms with Crippen molar-refractivity contribution < 1.29 is 14.3 Å². The first-order valence-corrected chi connectivity index (χ1v) is 18.2. The zero-order chi connectivity index (χ0) is 33.5. The molecule has 4 saturated carbocycles. The minimum atomic E-state index is -0.566. The van der Waals surface area contributed by atoms with Gasteiger partial charge in [0.25, 0.3) is 0 Å². The van der Waals surface area contributed by atoms with E-state index in [-0.39, 0.29) is 45.2 Å². The number of nitriles is 1. The third-order valence-corrected chi connectivity index (χ3v) is 15.0. The van der Waals surface area contributed by atoms with E-state index in [1.807, 2.05) is 6.07 Å². The van der Waals surface area contributed by atoms with E-state index in [9.17, 15) is 14.9 Å². The van der Waals surface area contributed by atoms with Crippen molar-refractivity contribution >= 4 is 23.0 Å². The van der Waals surface area contributed by atoms with Crippen LogP contribution in [0.1, 0.15) is 132 Å². The Morgan fingerprint density at radius 3 is 2.39 bits per heavy atom. The van der Waals surface area contributed by atoms with Gasteiger partial charge in [0.1, 0.15) is 5.92 Å². The van der Waals surface area contributed by atoms with E-state index in [0.717, 1.165) is 69.9 Å². The van der Waals surface area contributed by atoms with Crippen LogP contribution in [0.3, 0.4) is 0 Å². The number of fused-ring (bicyclic) bond motifs is 7. The molecule has 5 aliphatic carbocycles. The highest BCUT2D eigenvalue weighted by Gasteiger charge is 2.71. The Labute approximate surface area is 278 Å². The molecule has 0 bridgehead atoms. The molecule has 0 heterocycles. The third kappa shape index (κ3) is 4.58. The van der Waals surface area contributed by atoms with Gasteiger partial charge >= 0.3 is 5.97 Å². The molecule has 5 nitrogen and oxygen atoms in total. The highest BCUT2D eigenvalue weighted by molar-refractivity contribution is 5.90. The van der Waals surface area contributed by atoms with E-state index in [4.69, 9.17) is 10.5 Å². The van der Waals surface area contributed by atoms with Crippen LogP contribution in [-0.2, 0) is 14.3 Å². The number of allylic oxidation sites excluding steroid dienone is 2. The second kappa shape index (κ2) is 11.0. The lowest BCUT2D eigenvalue weighted by molar-refractivity contribution is -0.193. The quantitative estimate of drug-likeness (QED) is 0.200. The van der Waals surface area contributed by atoms with Crippen LogP contribution < -0.4 is 5.73 Å². The number of hydrogen-bond acceptors (Lipinski definition) is 5. The first-order chi connectivity index (χ1) is 21.5. The van der Waals surface area contributed by atoms with Gasteiger partial charge < -0.3 is 10.5 Å². The molecular weight excluding hydrogens is 568 g/mol. The van der Waals surface area contributed by atoms with Crippen molar-refractivity contribution in [2.24, 2.45) is 56.2 Å². The lowest BCUT2D eigenvalue weighted by Gasteiger charge is -2.71. The Balaban J connectivity index is 1.58. The standard InChI is InChI=1S/C41H58N2O3/c1-9-10-20-46-35(45)41-18-16-36(2,3)24-30(41)33-29(26-12-11-13-28(43)21-26)22-32-38(6)23-27(25-42)34(44)37(4,5)31(38)14-15-39(32,7)40(33,8)17-19-41/h11-13,21,27,30-32H,9-10,14-20,22-24,43H2,1-8H3/t27?,30-,31-,32?,38-,39+,40+,41-/m0/s1. The molecule has 0 aromatic heterocycles. The molecule has 5 aliphatic rings. The average molecular weight is 627 g/mol. The molecule has 6 rings (SSSR count). The molecule has 1 aromatic rings. The minimum Gasteiger partial charge on any atom is -0.465 e. The number of nitrogens with zero attached hydrogens (tertiary/aromatic N) is 1. The molecule has 1 aromatic carbocycles. The summed E-state index contributed by atoms with van der Waals surface area (Å²) in [5.41, 5.74) is 10.0. The maximum absolute atomic E-state index is 14.4. The summed E-state index contributed by atoms with van der Waals surface area (Å²) in [5, 5.41) is 10.3. The smallest absolute Gasteiger partial charge is 0.312 e. The first-order valence-electron chi connectivity index (χ1n) is 18.2. The van der Waals surface area contributed by atoms with Crippen molar-refractivity contribution in [1.82, 2.24) is 0 Å². The summed E-state index contributed by atoms with van der Waals surface area (Å²) in [7, 11) is 0. The Morgan fingerprint density at radius 1 is 1.00 bits per heavy atom. The van der Waals surface area contributed by atoms with Gasteiger partial charge in [0.05, 0.1) is 18.1 Å². The van der Waals surface area contributed by atoms with Gasteiger partial charge in [-0.1, -0.05) is 79.5 Å². The lowest BCUT2D eigenvalue weighted by atomic mass is 9.32. The van der Waals surface area contributed by atoms with Crippen LogP contribution in [0.2, 0.25) is 0 Å². The summed E-state index contributed by atoms with van der Waals surface area (Å²) in [6.45, 7) is 19.1. The van der Waals surface area contributed by atoms with Gasteiger partial charge in [0, 0.05) is 11.1 Å². The van der Waals surface area contributed by atoms with Crippen LogP contribution in [0.15, 0.2) is 29.8 Å². The summed E-state index contributed by atoms with van der Waals surface area (Å²) >= 11 is 0. The number of ether oxygens (including phenoxy) is 1. The topological polar surface area (TPSA) is 93.2 Å². The predicted molar refractivity (Wildman–Crippen MR) is 184 cm³/mol. The Morgan fingerprint density at radius 2 is 1.72 bits per heavy atom. The maximum atomic E-state index is 14.4. The van der Waals surface area contributed by atoms with Crippen molar-refractivity contribution in [2.45, 2.75) is 126 Å². The number of anilines is 1. The van der Waals surface area contributed by atoms with Crippen LogP contribution >= 0.6 is 0 Å². The molecule has 46 heavy (non-hydrogen) atoms. The Bertz CT molecular complexity index is 1500. The predicted octanol–water partition coefficient (Wildman–Crippen LogP) is 9.56. The van der Waals surface area contributed by atoms with Gasteiger partial charge in [-0.05, 0) is 127 Å². The number of hydrogen-bond donors (Lipinski definition) is 1. The van der Waals surface area contributed by atoms with Gasteiger partial charge in [0.15, 0.2) is 5.78 Å². The molecule has 250 valence electrons. The van der Waals surface area contributed by atoms with Gasteiger partial charge in [0.2, 0.25) is 0 Å². The highest BCUT2D eigenvalue weighted by Crippen LogP contribution is 2.77. The van der Waals surface area contributed by atoms with E-state index in [1.54, 1.807) is 0 Å². The van der Waals surface area contributed by atoms with Gasteiger partial charge in [-0.3, -0.25) is 9.59 Å². The van der Waals surface area contributed by atoms with E-state index in [1.165, 1.54) is 16.7 Å². The number of benzene rings is 1. The molecule has 0 radical (unpaired) electrons. The maximum Gasteiger partial charge on any atom is 0.312 e. The van der Waals surface area contributed by atoms with Crippen LogP contribution in [0.25, 0.3) is 5.57 Å². The minimum absolute atomic E-state index is 0.0234. The lowest BCUT2D eigenvalue weighted by Crippen LogP contribution is -2.66. The van der Waals surface area contributed by atoms with Crippen molar-refractivity contribution in [3.05, 3.63) is 35.4 Å². The summed E-state index contributed by atoms with van der Waals surface area (Å²) < 4.78 is 6.15. The number of carbonyl (C=O) groups excluding carboxylic acids is 2. The fourth-order valence-electron chi connectivity index (χ4n) is 12.3. The molecular formula is C41H58N2O3. The van der Waals surface area contributed by atoms with Crippen molar-refractivity contribution in [3.8, 4) is 6.07 Å². The molecule has 0 saturated heterocycles.